The summed E-state index contributed by atoms with van der Waals surface area (Å²) < 4.78 is 0. The summed E-state index contributed by atoms with van der Waals surface area (Å²) in [6.07, 6.45) is 9.46. The highest BCUT2D eigenvalue weighted by Crippen LogP contribution is 2.28. The molecule has 2 heteroatoms. The lowest BCUT2D eigenvalue weighted by atomic mass is 10.0. The van der Waals surface area contributed by atoms with Gasteiger partial charge in [-0.05, 0) is 33.2 Å². The molecule has 0 radical (unpaired) electrons. The van der Waals surface area contributed by atoms with Crippen LogP contribution in [0.2, 0.25) is 0 Å². The van der Waals surface area contributed by atoms with Gasteiger partial charge in [0.1, 0.15) is 0 Å². The van der Waals surface area contributed by atoms with E-state index in [4.69, 9.17) is 0 Å². The molecule has 0 aliphatic heterocycles. The maximum Gasteiger partial charge on any atom is 0.0164 e. The fourth-order valence-corrected chi connectivity index (χ4v) is 3.67. The lowest BCUT2D eigenvalue weighted by Crippen LogP contribution is -2.28. The summed E-state index contributed by atoms with van der Waals surface area (Å²) in [7, 11) is 2.07. The average Bonchev–Trinajstić information content (AvgIpc) is 2.35. The van der Waals surface area contributed by atoms with Gasteiger partial charge < -0.3 is 5.32 Å². The van der Waals surface area contributed by atoms with E-state index in [-0.39, 0.29) is 0 Å². The molecule has 0 amide bonds. The van der Waals surface area contributed by atoms with Gasteiger partial charge in [-0.1, -0.05) is 19.3 Å². The van der Waals surface area contributed by atoms with Gasteiger partial charge in [-0.25, -0.2) is 0 Å². The molecule has 1 aliphatic rings. The Balaban J connectivity index is 2.13. The lowest BCUT2D eigenvalue weighted by molar-refractivity contribution is 0.513. The third-order valence-corrected chi connectivity index (χ3v) is 4.83. The topological polar surface area (TPSA) is 12.0 Å². The van der Waals surface area contributed by atoms with E-state index >= 15 is 0 Å². The van der Waals surface area contributed by atoms with Gasteiger partial charge in [0.25, 0.3) is 0 Å². The molecule has 0 heterocycles. The van der Waals surface area contributed by atoms with Crippen molar-refractivity contribution in [2.75, 3.05) is 12.8 Å². The summed E-state index contributed by atoms with van der Waals surface area (Å²) in [5.41, 5.74) is 0. The molecular formula is C14H25NS. The lowest BCUT2D eigenvalue weighted by Gasteiger charge is -2.23. The second-order valence-electron chi connectivity index (χ2n) is 4.54. The maximum absolute atomic E-state index is 3.41. The first-order valence-corrected chi connectivity index (χ1v) is 7.60. The highest BCUT2D eigenvalue weighted by molar-refractivity contribution is 7.99. The monoisotopic (exact) mass is 239 g/mol. The largest absolute Gasteiger partial charge is 0.316 e. The Hall–Kier alpha value is -0.130. The highest BCUT2D eigenvalue weighted by atomic mass is 32.2. The van der Waals surface area contributed by atoms with Crippen molar-refractivity contribution in [2.45, 2.75) is 63.2 Å². The fourth-order valence-electron chi connectivity index (χ4n) is 2.17. The first kappa shape index (κ1) is 13.9. The van der Waals surface area contributed by atoms with Crippen molar-refractivity contribution in [3.8, 4) is 11.8 Å². The predicted octanol–water partition coefficient (Wildman–Crippen LogP) is 3.44. The van der Waals surface area contributed by atoms with E-state index in [9.17, 15) is 0 Å². The second kappa shape index (κ2) is 8.96. The molecule has 1 atom stereocenters. The summed E-state index contributed by atoms with van der Waals surface area (Å²) >= 11 is 2.18. The van der Waals surface area contributed by atoms with Crippen LogP contribution in [0.5, 0.6) is 0 Å². The van der Waals surface area contributed by atoms with Crippen LogP contribution in [0.1, 0.15) is 51.9 Å². The number of thioether (sulfide) groups is 1. The third kappa shape index (κ3) is 5.82. The summed E-state index contributed by atoms with van der Waals surface area (Å²) in [6.45, 7) is 1.92. The van der Waals surface area contributed by atoms with E-state index in [1.165, 1.54) is 44.3 Å². The van der Waals surface area contributed by atoms with Crippen molar-refractivity contribution >= 4 is 11.8 Å². The van der Waals surface area contributed by atoms with Gasteiger partial charge in [-0.15, -0.1) is 11.8 Å². The van der Waals surface area contributed by atoms with Crippen LogP contribution in [0.3, 0.4) is 0 Å². The summed E-state index contributed by atoms with van der Waals surface area (Å²) in [4.78, 5) is 0. The summed E-state index contributed by atoms with van der Waals surface area (Å²) in [5, 5.41) is 4.34. The molecule has 0 spiro atoms. The Kier molecular flexibility index (Phi) is 7.80. The standard InChI is InChI=1S/C14H25NS/c1-3-4-6-9-13(15-2)12-16-14-10-7-5-8-11-14/h13-15H,5-12H2,1-2H3. The molecule has 16 heavy (non-hydrogen) atoms. The average molecular weight is 239 g/mol. The van der Waals surface area contributed by atoms with Gasteiger partial charge in [0, 0.05) is 23.5 Å². The molecule has 1 rings (SSSR count). The van der Waals surface area contributed by atoms with Gasteiger partial charge in [0.05, 0.1) is 0 Å². The van der Waals surface area contributed by atoms with Crippen molar-refractivity contribution in [3.63, 3.8) is 0 Å². The second-order valence-corrected chi connectivity index (χ2v) is 5.88. The third-order valence-electron chi connectivity index (χ3n) is 3.29. The minimum atomic E-state index is 0.646. The Morgan fingerprint density at radius 3 is 2.69 bits per heavy atom. The number of hydrogen-bond donors (Lipinski definition) is 1. The van der Waals surface area contributed by atoms with Crippen LogP contribution >= 0.6 is 11.8 Å². The van der Waals surface area contributed by atoms with Crippen LogP contribution in [0.15, 0.2) is 0 Å². The van der Waals surface area contributed by atoms with Gasteiger partial charge in [0.15, 0.2) is 0 Å². The first-order chi connectivity index (χ1) is 7.86. The van der Waals surface area contributed by atoms with Gasteiger partial charge >= 0.3 is 0 Å². The number of nitrogens with one attached hydrogen (secondary N) is 1. The van der Waals surface area contributed by atoms with Gasteiger partial charge in [-0.2, -0.15) is 11.8 Å². The fraction of sp³-hybridized carbons (Fsp3) is 0.857. The van der Waals surface area contributed by atoms with E-state index in [1.54, 1.807) is 0 Å². The van der Waals surface area contributed by atoms with Crippen LogP contribution in [-0.2, 0) is 0 Å². The van der Waals surface area contributed by atoms with Crippen LogP contribution in [-0.4, -0.2) is 24.1 Å². The van der Waals surface area contributed by atoms with Gasteiger partial charge in [-0.3, -0.25) is 0 Å². The molecule has 1 aliphatic carbocycles. The van der Waals surface area contributed by atoms with Crippen LogP contribution < -0.4 is 5.32 Å². The highest BCUT2D eigenvalue weighted by Gasteiger charge is 2.15. The van der Waals surface area contributed by atoms with Crippen molar-refractivity contribution in [3.05, 3.63) is 0 Å². The molecule has 1 saturated carbocycles. The van der Waals surface area contributed by atoms with E-state index < -0.39 is 0 Å². The van der Waals surface area contributed by atoms with E-state index in [0.29, 0.717) is 6.04 Å². The van der Waals surface area contributed by atoms with E-state index in [0.717, 1.165) is 11.7 Å². The van der Waals surface area contributed by atoms with Crippen molar-refractivity contribution in [1.82, 2.24) is 5.32 Å². The molecule has 1 unspecified atom stereocenters. The van der Waals surface area contributed by atoms with Crippen molar-refractivity contribution < 1.29 is 0 Å². The molecule has 1 fully saturated rings. The Labute approximate surface area is 105 Å². The smallest absolute Gasteiger partial charge is 0.0164 e. The quantitative estimate of drug-likeness (QED) is 0.713. The summed E-state index contributed by atoms with van der Waals surface area (Å²) in [6, 6.07) is 0.646. The molecule has 0 aromatic heterocycles. The molecule has 0 saturated heterocycles. The molecule has 0 aromatic carbocycles. The molecule has 1 nitrogen and oxygen atoms in total. The zero-order valence-electron chi connectivity index (χ0n) is 10.7. The van der Waals surface area contributed by atoms with E-state index in [2.05, 4.69) is 36.0 Å². The predicted molar refractivity (Wildman–Crippen MR) is 74.9 cm³/mol. The Bertz CT molecular complexity index is 223. The minimum absolute atomic E-state index is 0.646. The maximum atomic E-state index is 3.41. The van der Waals surface area contributed by atoms with Crippen LogP contribution in [0.4, 0.5) is 0 Å². The SMILES string of the molecule is CC#CCCC(CSC1CCCCC1)NC. The molecule has 92 valence electrons. The zero-order valence-corrected chi connectivity index (χ0v) is 11.5. The van der Waals surface area contributed by atoms with Crippen LogP contribution in [0.25, 0.3) is 0 Å². The molecule has 0 bridgehead atoms. The number of rotatable bonds is 6. The molecule has 1 N–H and O–H groups in total. The number of hydrogen-bond acceptors (Lipinski definition) is 2. The molecular weight excluding hydrogens is 214 g/mol. The zero-order chi connectivity index (χ0) is 11.6. The van der Waals surface area contributed by atoms with Crippen molar-refractivity contribution in [1.29, 1.82) is 0 Å². The normalized spacial score (nSPS) is 18.9. The van der Waals surface area contributed by atoms with E-state index in [1.807, 2.05) is 6.92 Å². The van der Waals surface area contributed by atoms with Crippen molar-refractivity contribution in [2.24, 2.45) is 0 Å². The molecule has 0 aromatic rings. The van der Waals surface area contributed by atoms with Gasteiger partial charge in [0.2, 0.25) is 0 Å². The Morgan fingerprint density at radius 1 is 1.31 bits per heavy atom. The minimum Gasteiger partial charge on any atom is -0.316 e. The Morgan fingerprint density at radius 2 is 2.06 bits per heavy atom. The summed E-state index contributed by atoms with van der Waals surface area (Å²) in [5.74, 6) is 7.38. The first-order valence-electron chi connectivity index (χ1n) is 6.55. The van der Waals surface area contributed by atoms with Crippen LogP contribution in [0, 0.1) is 11.8 Å².